The van der Waals surface area contributed by atoms with Gasteiger partial charge in [-0.2, -0.15) is 0 Å². The van der Waals surface area contributed by atoms with Crippen molar-refractivity contribution in [3.63, 3.8) is 0 Å². The largest absolute Gasteiger partial charge is 0.384 e. The minimum atomic E-state index is -1.10. The minimum absolute atomic E-state index is 0.142. The molecule has 0 saturated heterocycles. The molecule has 0 radical (unpaired) electrons. The van der Waals surface area contributed by atoms with Crippen molar-refractivity contribution in [3.05, 3.63) is 47.5 Å². The number of amides is 2. The van der Waals surface area contributed by atoms with Gasteiger partial charge in [-0.3, -0.25) is 0 Å². The molecule has 3 N–H and O–H groups in total. The van der Waals surface area contributed by atoms with Crippen molar-refractivity contribution >= 4 is 6.03 Å². The van der Waals surface area contributed by atoms with E-state index < -0.39 is 5.60 Å². The van der Waals surface area contributed by atoms with Crippen molar-refractivity contribution in [2.24, 2.45) is 0 Å². The molecule has 2 heterocycles. The van der Waals surface area contributed by atoms with E-state index in [2.05, 4.69) is 25.4 Å². The zero-order chi connectivity index (χ0) is 17.0. The van der Waals surface area contributed by atoms with Crippen LogP contribution in [0.1, 0.15) is 30.6 Å². The van der Waals surface area contributed by atoms with Gasteiger partial charge >= 0.3 is 6.03 Å². The molecular weight excluding hydrogens is 306 g/mol. The average Bonchev–Trinajstić information content (AvgIpc) is 3.19. The number of aromatic nitrogens is 3. The lowest BCUT2D eigenvalue weighted by Crippen LogP contribution is -2.44. The van der Waals surface area contributed by atoms with Gasteiger partial charge in [-0.1, -0.05) is 30.3 Å². The van der Waals surface area contributed by atoms with E-state index in [1.54, 1.807) is 6.92 Å². The summed E-state index contributed by atoms with van der Waals surface area (Å²) in [5.74, 6) is 1.95. The van der Waals surface area contributed by atoms with Gasteiger partial charge in [0.25, 0.3) is 0 Å². The molecule has 1 aliphatic heterocycles. The molecule has 2 amide bonds. The fourth-order valence-electron chi connectivity index (χ4n) is 2.90. The first kappa shape index (κ1) is 16.4. The number of urea groups is 1. The van der Waals surface area contributed by atoms with E-state index in [1.165, 1.54) is 0 Å². The van der Waals surface area contributed by atoms with Gasteiger partial charge < -0.3 is 20.3 Å². The highest BCUT2D eigenvalue weighted by atomic mass is 16.3. The third-order valence-electron chi connectivity index (χ3n) is 4.31. The number of fused-ring (bicyclic) bond motifs is 1. The number of carbonyl (C=O) groups excluding carboxylic acids is 1. The topological polar surface area (TPSA) is 92.1 Å². The maximum Gasteiger partial charge on any atom is 0.314 e. The number of hydrogen-bond donors (Lipinski definition) is 3. The fourth-order valence-corrected chi connectivity index (χ4v) is 2.90. The van der Waals surface area contributed by atoms with Crippen molar-refractivity contribution in [2.75, 3.05) is 13.1 Å². The van der Waals surface area contributed by atoms with Crippen LogP contribution in [0, 0.1) is 0 Å². The van der Waals surface area contributed by atoms with Crippen LogP contribution in [0.15, 0.2) is 30.3 Å². The molecule has 7 nitrogen and oxygen atoms in total. The van der Waals surface area contributed by atoms with Crippen LogP contribution in [0.4, 0.5) is 4.79 Å². The lowest BCUT2D eigenvalue weighted by Gasteiger charge is -2.24. The second kappa shape index (κ2) is 7.00. The number of hydrogen-bond acceptors (Lipinski definition) is 4. The van der Waals surface area contributed by atoms with Crippen LogP contribution in [0.5, 0.6) is 0 Å². The minimum Gasteiger partial charge on any atom is -0.384 e. The van der Waals surface area contributed by atoms with Gasteiger partial charge in [0.15, 0.2) is 0 Å². The predicted molar refractivity (Wildman–Crippen MR) is 89.5 cm³/mol. The van der Waals surface area contributed by atoms with Crippen LogP contribution < -0.4 is 10.6 Å². The zero-order valence-corrected chi connectivity index (χ0v) is 13.8. The summed E-state index contributed by atoms with van der Waals surface area (Å²) in [6.45, 7) is 3.27. The first-order chi connectivity index (χ1) is 11.6. The fraction of sp³-hybridized carbons (Fsp3) is 0.471. The summed E-state index contributed by atoms with van der Waals surface area (Å²) in [6, 6.07) is 8.99. The highest BCUT2D eigenvalue weighted by Crippen LogP contribution is 2.18. The number of nitrogens with one attached hydrogen (secondary N) is 2. The average molecular weight is 329 g/mol. The maximum absolute atomic E-state index is 11.9. The summed E-state index contributed by atoms with van der Waals surface area (Å²) in [6.07, 6.45) is 2.74. The molecule has 3 rings (SSSR count). The lowest BCUT2D eigenvalue weighted by molar-refractivity contribution is 0.0594. The second-order valence-corrected chi connectivity index (χ2v) is 6.29. The number of aryl methyl sites for hydroxylation is 1. The Labute approximate surface area is 141 Å². The Bertz CT molecular complexity index is 696. The number of nitrogens with zero attached hydrogens (tertiary/aromatic N) is 3. The van der Waals surface area contributed by atoms with E-state index in [0.717, 1.165) is 36.6 Å². The second-order valence-electron chi connectivity index (χ2n) is 6.29. The van der Waals surface area contributed by atoms with Gasteiger partial charge in [0.05, 0.1) is 6.54 Å². The van der Waals surface area contributed by atoms with Crippen molar-refractivity contribution < 1.29 is 9.90 Å². The van der Waals surface area contributed by atoms with Crippen LogP contribution in [0.2, 0.25) is 0 Å². The maximum atomic E-state index is 11.9. The summed E-state index contributed by atoms with van der Waals surface area (Å²) in [5, 5.41) is 24.3. The Balaban J connectivity index is 1.43. The molecule has 1 unspecified atom stereocenters. The van der Waals surface area contributed by atoms with E-state index in [0.29, 0.717) is 13.0 Å². The molecule has 128 valence electrons. The van der Waals surface area contributed by atoms with Crippen LogP contribution in [0.3, 0.4) is 0 Å². The Hall–Kier alpha value is -2.41. The summed E-state index contributed by atoms with van der Waals surface area (Å²) >= 11 is 0. The monoisotopic (exact) mass is 329 g/mol. The van der Waals surface area contributed by atoms with Crippen molar-refractivity contribution in [1.29, 1.82) is 0 Å². The molecule has 0 fully saturated rings. The summed E-state index contributed by atoms with van der Waals surface area (Å²) in [7, 11) is 0. The van der Waals surface area contributed by atoms with Gasteiger partial charge in [0.2, 0.25) is 0 Å². The van der Waals surface area contributed by atoms with E-state index in [9.17, 15) is 9.90 Å². The Kier molecular flexibility index (Phi) is 4.80. The van der Waals surface area contributed by atoms with Crippen LogP contribution in [0.25, 0.3) is 0 Å². The standard InChI is InChI=1S/C17H23N5O2/c1-17(24,13-6-3-2-4-7-13)12-19-16(23)18-10-9-15-21-20-14-8-5-11-22(14)15/h2-4,6-7,24H,5,8-12H2,1H3,(H2,18,19,23). The highest BCUT2D eigenvalue weighted by Gasteiger charge is 2.23. The summed E-state index contributed by atoms with van der Waals surface area (Å²) < 4.78 is 2.12. The molecule has 7 heteroatoms. The van der Waals surface area contributed by atoms with Gasteiger partial charge in [-0.25, -0.2) is 4.79 Å². The first-order valence-electron chi connectivity index (χ1n) is 8.27. The van der Waals surface area contributed by atoms with E-state index >= 15 is 0 Å². The molecule has 1 aromatic carbocycles. The molecule has 0 bridgehead atoms. The van der Waals surface area contributed by atoms with Gasteiger partial charge in [0.1, 0.15) is 17.2 Å². The number of carbonyl (C=O) groups is 1. The number of benzene rings is 1. The van der Waals surface area contributed by atoms with Crippen molar-refractivity contribution in [3.8, 4) is 0 Å². The van der Waals surface area contributed by atoms with Crippen LogP contribution in [-0.4, -0.2) is 39.0 Å². The number of rotatable bonds is 6. The van der Waals surface area contributed by atoms with E-state index in [1.807, 2.05) is 30.3 Å². The predicted octanol–water partition coefficient (Wildman–Crippen LogP) is 0.974. The quantitative estimate of drug-likeness (QED) is 0.736. The Morgan fingerprint density at radius 3 is 2.88 bits per heavy atom. The third-order valence-corrected chi connectivity index (χ3v) is 4.31. The molecular formula is C17H23N5O2. The third kappa shape index (κ3) is 3.73. The molecule has 0 aliphatic carbocycles. The lowest BCUT2D eigenvalue weighted by atomic mass is 9.96. The Morgan fingerprint density at radius 2 is 2.08 bits per heavy atom. The van der Waals surface area contributed by atoms with Crippen LogP contribution in [-0.2, 0) is 25.0 Å². The summed E-state index contributed by atoms with van der Waals surface area (Å²) in [4.78, 5) is 11.9. The molecule has 1 aromatic heterocycles. The van der Waals surface area contributed by atoms with Gasteiger partial charge in [-0.05, 0) is 18.9 Å². The van der Waals surface area contributed by atoms with Crippen molar-refractivity contribution in [2.45, 2.75) is 38.3 Å². The molecule has 24 heavy (non-hydrogen) atoms. The Morgan fingerprint density at radius 1 is 1.29 bits per heavy atom. The molecule has 1 atom stereocenters. The SMILES string of the molecule is CC(O)(CNC(=O)NCCc1nnc2n1CCC2)c1ccccc1. The van der Waals surface area contributed by atoms with E-state index in [4.69, 9.17) is 0 Å². The van der Waals surface area contributed by atoms with Crippen LogP contribution >= 0.6 is 0 Å². The van der Waals surface area contributed by atoms with Crippen molar-refractivity contribution in [1.82, 2.24) is 25.4 Å². The molecule has 0 saturated carbocycles. The zero-order valence-electron chi connectivity index (χ0n) is 13.8. The molecule has 1 aliphatic rings. The highest BCUT2D eigenvalue weighted by molar-refractivity contribution is 5.73. The molecule has 2 aromatic rings. The van der Waals surface area contributed by atoms with Gasteiger partial charge in [-0.15, -0.1) is 10.2 Å². The first-order valence-corrected chi connectivity index (χ1v) is 8.27. The van der Waals surface area contributed by atoms with Gasteiger partial charge in [0, 0.05) is 25.9 Å². The summed E-state index contributed by atoms with van der Waals surface area (Å²) in [5.41, 5.74) is -0.337. The smallest absolute Gasteiger partial charge is 0.314 e. The normalized spacial score (nSPS) is 15.6. The van der Waals surface area contributed by atoms with E-state index in [-0.39, 0.29) is 12.6 Å². The number of aliphatic hydroxyl groups is 1. The molecule has 0 spiro atoms.